The third kappa shape index (κ3) is 3.50. The molecule has 1 saturated carbocycles. The molecule has 0 aromatic carbocycles. The molecule has 1 atom stereocenters. The highest BCUT2D eigenvalue weighted by Gasteiger charge is 2.30. The van der Waals surface area contributed by atoms with Gasteiger partial charge in [0, 0.05) is 0 Å². The second-order valence-electron chi connectivity index (χ2n) is 5.58. The number of allylic oxidation sites excluding steroid dienone is 5. The lowest BCUT2D eigenvalue weighted by atomic mass is 9.76. The summed E-state index contributed by atoms with van der Waals surface area (Å²) < 4.78 is 5.84. The van der Waals surface area contributed by atoms with Gasteiger partial charge in [-0.3, -0.25) is 0 Å². The van der Waals surface area contributed by atoms with E-state index in [2.05, 4.69) is 23.7 Å². The summed E-state index contributed by atoms with van der Waals surface area (Å²) in [5.74, 6) is 2.61. The van der Waals surface area contributed by atoms with E-state index >= 15 is 0 Å². The van der Waals surface area contributed by atoms with E-state index in [1.807, 2.05) is 32.2 Å². The van der Waals surface area contributed by atoms with Gasteiger partial charge in [0.2, 0.25) is 5.89 Å². The first-order valence-corrected chi connectivity index (χ1v) is 7.64. The second-order valence-corrected chi connectivity index (χ2v) is 5.58. The molecule has 1 aromatic heterocycles. The van der Waals surface area contributed by atoms with Gasteiger partial charge in [-0.2, -0.15) is 0 Å². The zero-order valence-corrected chi connectivity index (χ0v) is 12.6. The zero-order chi connectivity index (χ0) is 14.4. The maximum Gasteiger partial charge on any atom is 0.202 e. The quantitative estimate of drug-likeness (QED) is 0.676. The number of hydrogen-bond acceptors (Lipinski definition) is 2. The number of nitrogens with zero attached hydrogens (tertiary/aromatic N) is 1. The molecule has 0 aliphatic heterocycles. The third-order valence-corrected chi connectivity index (χ3v) is 4.10. The molecule has 0 radical (unpaired) electrons. The summed E-state index contributed by atoms with van der Waals surface area (Å²) in [6, 6.07) is 0. The highest BCUT2D eigenvalue weighted by Crippen LogP contribution is 2.40. The lowest BCUT2D eigenvalue weighted by Crippen LogP contribution is -2.18. The van der Waals surface area contributed by atoms with E-state index in [1.54, 1.807) is 0 Å². The minimum absolute atomic E-state index is 0.248. The van der Waals surface area contributed by atoms with E-state index in [0.29, 0.717) is 5.92 Å². The van der Waals surface area contributed by atoms with Crippen LogP contribution in [0.1, 0.15) is 56.6 Å². The number of oxazole rings is 1. The van der Waals surface area contributed by atoms with E-state index in [-0.39, 0.29) is 5.92 Å². The Morgan fingerprint density at radius 2 is 2.15 bits per heavy atom. The Morgan fingerprint density at radius 1 is 1.40 bits per heavy atom. The molecule has 1 heterocycles. The summed E-state index contributed by atoms with van der Waals surface area (Å²) >= 11 is 0. The molecule has 1 aromatic rings. The Kier molecular flexibility index (Phi) is 5.40. The molecule has 0 N–H and O–H groups in total. The number of aromatic nitrogens is 1. The molecular formula is C18H25NO. The predicted molar refractivity (Wildman–Crippen MR) is 83.7 cm³/mol. The van der Waals surface area contributed by atoms with Crippen LogP contribution in [0.2, 0.25) is 0 Å². The molecule has 1 aliphatic carbocycles. The van der Waals surface area contributed by atoms with Crippen molar-refractivity contribution in [3.8, 4) is 0 Å². The predicted octanol–water partition coefficient (Wildman–Crippen LogP) is 5.34. The first-order chi connectivity index (χ1) is 9.76. The lowest BCUT2D eigenvalue weighted by molar-refractivity contribution is 0.293. The van der Waals surface area contributed by atoms with Crippen molar-refractivity contribution >= 4 is 0 Å². The van der Waals surface area contributed by atoms with Crippen LogP contribution in [0.5, 0.6) is 0 Å². The molecular weight excluding hydrogens is 246 g/mol. The summed E-state index contributed by atoms with van der Waals surface area (Å²) in [5, 5.41) is 0. The topological polar surface area (TPSA) is 26.0 Å². The fourth-order valence-electron chi connectivity index (χ4n) is 3.11. The molecule has 2 nitrogen and oxygen atoms in total. The van der Waals surface area contributed by atoms with Crippen LogP contribution in [0.4, 0.5) is 0 Å². The fourth-order valence-corrected chi connectivity index (χ4v) is 3.11. The Morgan fingerprint density at radius 3 is 2.70 bits per heavy atom. The summed E-state index contributed by atoms with van der Waals surface area (Å²) in [6.07, 6.45) is 16.5. The monoisotopic (exact) mass is 271 g/mol. The standard InChI is InChI=1S/C18H25NO/c1-4-6-10-15(5-2)17(16-11-8-7-9-12-16)18-19-13-14(3)20-18/h4-6,10,13,16-17H,2,7-9,11-12H2,1,3H3/b6-4-,15-10+. The van der Waals surface area contributed by atoms with Crippen LogP contribution in [0.3, 0.4) is 0 Å². The molecule has 0 bridgehead atoms. The van der Waals surface area contributed by atoms with E-state index in [1.165, 1.54) is 37.7 Å². The van der Waals surface area contributed by atoms with Crippen LogP contribution in [0.15, 0.2) is 47.1 Å². The molecule has 1 fully saturated rings. The summed E-state index contributed by atoms with van der Waals surface area (Å²) in [4.78, 5) is 4.49. The average molecular weight is 271 g/mol. The molecule has 108 valence electrons. The van der Waals surface area contributed by atoms with Gasteiger partial charge in [0.15, 0.2) is 0 Å². The van der Waals surface area contributed by atoms with Gasteiger partial charge in [0.1, 0.15) is 5.76 Å². The van der Waals surface area contributed by atoms with Crippen molar-refractivity contribution in [3.05, 3.63) is 54.3 Å². The van der Waals surface area contributed by atoms with Crippen LogP contribution in [-0.2, 0) is 0 Å². The van der Waals surface area contributed by atoms with Gasteiger partial charge in [0.05, 0.1) is 12.1 Å². The highest BCUT2D eigenvalue weighted by atomic mass is 16.4. The molecule has 1 aliphatic rings. The Bertz CT molecular complexity index is 489. The maximum atomic E-state index is 5.84. The number of rotatable bonds is 5. The van der Waals surface area contributed by atoms with Crippen molar-refractivity contribution in [1.82, 2.24) is 4.98 Å². The number of aryl methyl sites for hydroxylation is 1. The molecule has 20 heavy (non-hydrogen) atoms. The van der Waals surface area contributed by atoms with Gasteiger partial charge in [-0.15, -0.1) is 0 Å². The minimum atomic E-state index is 0.248. The molecule has 2 rings (SSSR count). The largest absolute Gasteiger partial charge is 0.445 e. The van der Waals surface area contributed by atoms with Gasteiger partial charge in [-0.25, -0.2) is 4.98 Å². The summed E-state index contributed by atoms with van der Waals surface area (Å²) in [5.41, 5.74) is 1.22. The highest BCUT2D eigenvalue weighted by molar-refractivity contribution is 5.31. The van der Waals surface area contributed by atoms with Gasteiger partial charge < -0.3 is 4.42 Å². The summed E-state index contributed by atoms with van der Waals surface area (Å²) in [6.45, 7) is 7.98. The van der Waals surface area contributed by atoms with Gasteiger partial charge in [-0.1, -0.05) is 50.1 Å². The van der Waals surface area contributed by atoms with Gasteiger partial charge in [-0.05, 0) is 38.2 Å². The SMILES string of the molecule is C=C/C(=C\C=C/C)C(c1ncc(C)o1)C1CCCCC1. The number of hydrogen-bond donors (Lipinski definition) is 0. The zero-order valence-electron chi connectivity index (χ0n) is 12.6. The van der Waals surface area contributed by atoms with E-state index in [4.69, 9.17) is 4.42 Å². The molecule has 1 unspecified atom stereocenters. The molecule has 0 amide bonds. The van der Waals surface area contributed by atoms with Gasteiger partial charge in [0.25, 0.3) is 0 Å². The van der Waals surface area contributed by atoms with Crippen LogP contribution in [0.25, 0.3) is 0 Å². The van der Waals surface area contributed by atoms with E-state index < -0.39 is 0 Å². The minimum Gasteiger partial charge on any atom is -0.445 e. The van der Waals surface area contributed by atoms with Gasteiger partial charge >= 0.3 is 0 Å². The Labute approximate surface area is 122 Å². The molecule has 2 heteroatoms. The molecule has 0 spiro atoms. The van der Waals surface area contributed by atoms with Crippen molar-refractivity contribution in [1.29, 1.82) is 0 Å². The average Bonchev–Trinajstić information content (AvgIpc) is 2.90. The second kappa shape index (κ2) is 7.28. The Balaban J connectivity index is 2.34. The third-order valence-electron chi connectivity index (χ3n) is 4.10. The van der Waals surface area contributed by atoms with Crippen molar-refractivity contribution in [3.63, 3.8) is 0 Å². The Hall–Kier alpha value is -1.57. The maximum absolute atomic E-state index is 5.84. The smallest absolute Gasteiger partial charge is 0.202 e. The van der Waals surface area contributed by atoms with Crippen molar-refractivity contribution in [2.45, 2.75) is 51.9 Å². The van der Waals surface area contributed by atoms with Crippen LogP contribution >= 0.6 is 0 Å². The van der Waals surface area contributed by atoms with Crippen molar-refractivity contribution in [2.75, 3.05) is 0 Å². The van der Waals surface area contributed by atoms with E-state index in [9.17, 15) is 0 Å². The van der Waals surface area contributed by atoms with Crippen LogP contribution in [-0.4, -0.2) is 4.98 Å². The normalized spacial score (nSPS) is 19.4. The van der Waals surface area contributed by atoms with Crippen molar-refractivity contribution in [2.24, 2.45) is 5.92 Å². The first-order valence-electron chi connectivity index (χ1n) is 7.64. The summed E-state index contributed by atoms with van der Waals surface area (Å²) in [7, 11) is 0. The van der Waals surface area contributed by atoms with E-state index in [0.717, 1.165) is 11.7 Å². The first kappa shape index (κ1) is 14.8. The van der Waals surface area contributed by atoms with Crippen LogP contribution < -0.4 is 0 Å². The van der Waals surface area contributed by atoms with Crippen LogP contribution in [0, 0.1) is 12.8 Å². The fraction of sp³-hybridized carbons (Fsp3) is 0.500. The lowest BCUT2D eigenvalue weighted by Gasteiger charge is -2.29. The molecule has 0 saturated heterocycles. The van der Waals surface area contributed by atoms with Crippen molar-refractivity contribution < 1.29 is 4.42 Å².